The number of aliphatic hydroxyl groups excluding tert-OH is 1. The van der Waals surface area contributed by atoms with Crippen molar-refractivity contribution in [3.8, 4) is 0 Å². The van der Waals surface area contributed by atoms with Gasteiger partial charge < -0.3 is 9.84 Å². The summed E-state index contributed by atoms with van der Waals surface area (Å²) in [6, 6.07) is 0. The van der Waals surface area contributed by atoms with Gasteiger partial charge in [-0.3, -0.25) is 0 Å². The maximum atomic E-state index is 8.81. The van der Waals surface area contributed by atoms with Gasteiger partial charge in [0, 0.05) is 0 Å². The molecule has 0 aromatic heterocycles. The predicted molar refractivity (Wildman–Crippen MR) is 36.9 cm³/mol. The van der Waals surface area contributed by atoms with Crippen molar-refractivity contribution >= 4 is 34.5 Å². The first kappa shape index (κ1) is 6.07. The normalized spacial score (nSPS) is 28.4. The van der Waals surface area contributed by atoms with E-state index >= 15 is 0 Å². The molecule has 2 nitrogen and oxygen atoms in total. The molecule has 0 aromatic carbocycles. The average molecular weight is 148 g/mol. The minimum absolute atomic E-state index is 0.204. The molecule has 0 radical (unpaired) electrons. The lowest BCUT2D eigenvalue weighted by molar-refractivity contribution is 0.251. The second-order valence-electron chi connectivity index (χ2n) is 1.51. The summed E-state index contributed by atoms with van der Waals surface area (Å²) in [6.45, 7) is 0. The Kier molecular flexibility index (Phi) is 1.55. The van der Waals surface area contributed by atoms with Crippen LogP contribution in [0, 0.1) is 0 Å². The third kappa shape index (κ3) is 1.02. The van der Waals surface area contributed by atoms with Crippen molar-refractivity contribution < 1.29 is 9.84 Å². The third-order valence-electron chi connectivity index (χ3n) is 0.847. The maximum Gasteiger partial charge on any atom is 0.197 e. The highest BCUT2D eigenvalue weighted by Gasteiger charge is 2.24. The SMILES string of the molecule is OC1CC(=S)OC1=S. The van der Waals surface area contributed by atoms with Gasteiger partial charge in [0.1, 0.15) is 6.10 Å². The van der Waals surface area contributed by atoms with Crippen LogP contribution in [0.1, 0.15) is 6.42 Å². The molecule has 0 bridgehead atoms. The summed E-state index contributed by atoms with van der Waals surface area (Å²) in [5.41, 5.74) is 0. The average Bonchev–Trinajstić information content (AvgIpc) is 1.85. The molecule has 44 valence electrons. The Morgan fingerprint density at radius 2 is 2.25 bits per heavy atom. The number of ether oxygens (including phenoxy) is 1. The zero-order chi connectivity index (χ0) is 6.15. The number of hydrogen-bond donors (Lipinski definition) is 1. The largest absolute Gasteiger partial charge is 0.440 e. The molecule has 0 spiro atoms. The minimum Gasteiger partial charge on any atom is -0.440 e. The molecule has 8 heavy (non-hydrogen) atoms. The van der Waals surface area contributed by atoms with E-state index in [0.29, 0.717) is 11.5 Å². The van der Waals surface area contributed by atoms with Crippen LogP contribution < -0.4 is 0 Å². The molecular formula is C4H4O2S2. The van der Waals surface area contributed by atoms with Gasteiger partial charge in [0.25, 0.3) is 0 Å². The Hall–Kier alpha value is -0.0600. The van der Waals surface area contributed by atoms with Gasteiger partial charge in [-0.25, -0.2) is 0 Å². The van der Waals surface area contributed by atoms with E-state index in [4.69, 9.17) is 5.11 Å². The van der Waals surface area contributed by atoms with Gasteiger partial charge in [0.2, 0.25) is 0 Å². The highest BCUT2D eigenvalue weighted by Crippen LogP contribution is 2.10. The Morgan fingerprint density at radius 3 is 2.38 bits per heavy atom. The molecule has 1 N–H and O–H groups in total. The molecule has 1 heterocycles. The molecule has 0 amide bonds. The van der Waals surface area contributed by atoms with E-state index in [-0.39, 0.29) is 5.05 Å². The van der Waals surface area contributed by atoms with Crippen molar-refractivity contribution in [2.24, 2.45) is 0 Å². The number of rotatable bonds is 0. The second-order valence-corrected chi connectivity index (χ2v) is 2.37. The fraction of sp³-hybridized carbons (Fsp3) is 0.500. The standard InChI is InChI=1S/C4H4O2S2/c5-2-1-3(7)6-4(2)8/h2,5H,1H2. The van der Waals surface area contributed by atoms with E-state index in [9.17, 15) is 0 Å². The lowest BCUT2D eigenvalue weighted by Crippen LogP contribution is -2.09. The highest BCUT2D eigenvalue weighted by molar-refractivity contribution is 7.81. The number of aliphatic hydroxyl groups is 1. The molecule has 0 aliphatic carbocycles. The zero-order valence-electron chi connectivity index (χ0n) is 3.96. The van der Waals surface area contributed by atoms with Crippen LogP contribution in [0.15, 0.2) is 0 Å². The summed E-state index contributed by atoms with van der Waals surface area (Å²) in [7, 11) is 0. The van der Waals surface area contributed by atoms with E-state index in [1.165, 1.54) is 0 Å². The Balaban J connectivity index is 2.64. The van der Waals surface area contributed by atoms with Gasteiger partial charge in [0.15, 0.2) is 10.1 Å². The van der Waals surface area contributed by atoms with Gasteiger partial charge in [-0.05, 0) is 24.4 Å². The van der Waals surface area contributed by atoms with Crippen LogP contribution in [0.2, 0.25) is 0 Å². The first-order valence-electron chi connectivity index (χ1n) is 2.13. The summed E-state index contributed by atoms with van der Waals surface area (Å²) in [4.78, 5) is 0. The van der Waals surface area contributed by atoms with Crippen molar-refractivity contribution in [3.63, 3.8) is 0 Å². The topological polar surface area (TPSA) is 29.5 Å². The molecule has 4 heteroatoms. The molecule has 1 rings (SSSR count). The van der Waals surface area contributed by atoms with E-state index in [0.717, 1.165) is 0 Å². The van der Waals surface area contributed by atoms with Crippen LogP contribution >= 0.6 is 24.4 Å². The maximum absolute atomic E-state index is 8.81. The molecule has 1 fully saturated rings. The number of hydrogen-bond acceptors (Lipinski definition) is 4. The van der Waals surface area contributed by atoms with Gasteiger partial charge in [0.05, 0.1) is 6.42 Å². The Bertz CT molecular complexity index is 143. The fourth-order valence-corrected chi connectivity index (χ4v) is 0.947. The molecule has 1 aliphatic rings. The molecule has 1 aliphatic heterocycles. The highest BCUT2D eigenvalue weighted by atomic mass is 32.1. The minimum atomic E-state index is -0.641. The van der Waals surface area contributed by atoms with E-state index in [2.05, 4.69) is 29.2 Å². The first-order chi connectivity index (χ1) is 3.70. The van der Waals surface area contributed by atoms with Crippen LogP contribution in [0.4, 0.5) is 0 Å². The molecule has 1 atom stereocenters. The van der Waals surface area contributed by atoms with E-state index in [1.807, 2.05) is 0 Å². The van der Waals surface area contributed by atoms with Gasteiger partial charge in [-0.1, -0.05) is 0 Å². The smallest absolute Gasteiger partial charge is 0.197 e. The summed E-state index contributed by atoms with van der Waals surface area (Å²) in [6.07, 6.45) is -0.258. The molecule has 1 unspecified atom stereocenters. The zero-order valence-corrected chi connectivity index (χ0v) is 5.59. The molecule has 0 saturated carbocycles. The monoisotopic (exact) mass is 148 g/mol. The van der Waals surface area contributed by atoms with E-state index in [1.54, 1.807) is 0 Å². The van der Waals surface area contributed by atoms with Crippen LogP contribution in [-0.4, -0.2) is 21.3 Å². The van der Waals surface area contributed by atoms with Gasteiger partial charge in [-0.2, -0.15) is 0 Å². The Morgan fingerprint density at radius 1 is 1.62 bits per heavy atom. The van der Waals surface area contributed by atoms with Crippen LogP contribution in [0.3, 0.4) is 0 Å². The predicted octanol–water partition coefficient (Wildman–Crippen LogP) is 0.422. The molecule has 1 saturated heterocycles. The van der Waals surface area contributed by atoms with Gasteiger partial charge >= 0.3 is 0 Å². The van der Waals surface area contributed by atoms with Crippen LogP contribution in [0.5, 0.6) is 0 Å². The second kappa shape index (κ2) is 2.05. The summed E-state index contributed by atoms with van der Waals surface area (Å²) in [5.74, 6) is 0. The van der Waals surface area contributed by atoms with Crippen molar-refractivity contribution in [3.05, 3.63) is 0 Å². The number of thiocarbonyl (C=S) groups is 2. The summed E-state index contributed by atoms with van der Waals surface area (Å²) < 4.78 is 4.69. The summed E-state index contributed by atoms with van der Waals surface area (Å²) in [5, 5.41) is 9.41. The third-order valence-corrected chi connectivity index (χ3v) is 1.45. The summed E-state index contributed by atoms with van der Waals surface area (Å²) >= 11 is 9.16. The van der Waals surface area contributed by atoms with E-state index < -0.39 is 6.10 Å². The van der Waals surface area contributed by atoms with Crippen molar-refractivity contribution in [2.75, 3.05) is 0 Å². The fourth-order valence-electron chi connectivity index (χ4n) is 0.463. The van der Waals surface area contributed by atoms with Crippen LogP contribution in [0.25, 0.3) is 0 Å². The molecule has 0 aromatic rings. The quantitative estimate of drug-likeness (QED) is 0.504. The van der Waals surface area contributed by atoms with Crippen molar-refractivity contribution in [1.82, 2.24) is 0 Å². The van der Waals surface area contributed by atoms with Crippen LogP contribution in [-0.2, 0) is 4.74 Å². The lowest BCUT2D eigenvalue weighted by Gasteiger charge is -1.91. The first-order valence-corrected chi connectivity index (χ1v) is 2.94. The van der Waals surface area contributed by atoms with Gasteiger partial charge in [-0.15, -0.1) is 0 Å². The van der Waals surface area contributed by atoms with Crippen molar-refractivity contribution in [2.45, 2.75) is 12.5 Å². The Labute approximate surface area is 57.5 Å². The lowest BCUT2D eigenvalue weighted by atomic mass is 10.3. The van der Waals surface area contributed by atoms with Crippen molar-refractivity contribution in [1.29, 1.82) is 0 Å². The molecular weight excluding hydrogens is 144 g/mol.